The van der Waals surface area contributed by atoms with Crippen LogP contribution in [0.4, 0.5) is 5.69 Å². The number of aryl methyl sites for hydroxylation is 1. The minimum atomic E-state index is -0.859. The third kappa shape index (κ3) is 3.84. The number of amides is 1. The van der Waals surface area contributed by atoms with E-state index in [1.165, 1.54) is 26.3 Å². The molecular weight excluding hydrogens is 376 g/mol. The number of rotatable bonds is 4. The van der Waals surface area contributed by atoms with Gasteiger partial charge in [0.2, 0.25) is 5.69 Å². The lowest BCUT2D eigenvalue weighted by molar-refractivity contribution is 0.0602. The van der Waals surface area contributed by atoms with E-state index in [4.69, 9.17) is 4.74 Å². The molecule has 0 aliphatic heterocycles. The molecular formula is C20H18N4O5. The summed E-state index contributed by atoms with van der Waals surface area (Å²) in [5.74, 6) is -1.51. The highest BCUT2D eigenvalue weighted by atomic mass is 16.5. The van der Waals surface area contributed by atoms with Crippen molar-refractivity contribution in [3.8, 4) is 5.69 Å². The van der Waals surface area contributed by atoms with Crippen LogP contribution in [-0.4, -0.2) is 33.3 Å². The van der Waals surface area contributed by atoms with Crippen LogP contribution < -0.4 is 16.6 Å². The Hall–Kier alpha value is -4.01. The van der Waals surface area contributed by atoms with Crippen LogP contribution in [0.15, 0.2) is 58.1 Å². The monoisotopic (exact) mass is 394 g/mol. The third-order valence-electron chi connectivity index (χ3n) is 4.25. The number of nitrogens with one attached hydrogen (secondary N) is 1. The number of para-hydroxylation sites is 1. The number of carbonyl (C=O) groups is 2. The first-order valence-corrected chi connectivity index (χ1v) is 8.59. The Labute approximate surface area is 165 Å². The van der Waals surface area contributed by atoms with Gasteiger partial charge in [0.1, 0.15) is 0 Å². The summed E-state index contributed by atoms with van der Waals surface area (Å²) in [6.07, 6.45) is 0. The van der Waals surface area contributed by atoms with E-state index < -0.39 is 28.8 Å². The van der Waals surface area contributed by atoms with E-state index in [1.54, 1.807) is 36.4 Å². The molecule has 3 aromatic rings. The number of methoxy groups -OCH3 is 1. The predicted octanol–water partition coefficient (Wildman–Crippen LogP) is 1.28. The van der Waals surface area contributed by atoms with Crippen LogP contribution in [0.3, 0.4) is 0 Å². The lowest BCUT2D eigenvalue weighted by Crippen LogP contribution is -2.43. The van der Waals surface area contributed by atoms with Gasteiger partial charge < -0.3 is 10.1 Å². The molecule has 1 amide bonds. The fraction of sp³-hybridized carbons (Fsp3) is 0.150. The minimum Gasteiger partial charge on any atom is -0.465 e. The summed E-state index contributed by atoms with van der Waals surface area (Å²) in [5, 5.41) is 6.45. The van der Waals surface area contributed by atoms with E-state index in [-0.39, 0.29) is 11.3 Å². The minimum absolute atomic E-state index is 0.118. The molecule has 1 aromatic heterocycles. The summed E-state index contributed by atoms with van der Waals surface area (Å²) in [5.41, 5.74) is -0.387. The maximum absolute atomic E-state index is 12.7. The Morgan fingerprint density at radius 2 is 1.69 bits per heavy atom. The van der Waals surface area contributed by atoms with Crippen molar-refractivity contribution >= 4 is 17.6 Å². The van der Waals surface area contributed by atoms with Crippen LogP contribution in [0.1, 0.15) is 26.4 Å². The SMILES string of the molecule is COC(=O)c1ccccc1NC(=O)c1nn(-c2ccc(C)cc2)c(=O)n(C)c1=O. The fourth-order valence-corrected chi connectivity index (χ4v) is 2.63. The zero-order valence-electron chi connectivity index (χ0n) is 16.0. The van der Waals surface area contributed by atoms with Crippen LogP contribution >= 0.6 is 0 Å². The Morgan fingerprint density at radius 3 is 2.34 bits per heavy atom. The molecule has 9 heteroatoms. The molecule has 3 rings (SSSR count). The number of ether oxygens (including phenoxy) is 1. The average Bonchev–Trinajstić information content (AvgIpc) is 2.73. The van der Waals surface area contributed by atoms with Gasteiger partial charge in [0.25, 0.3) is 11.5 Å². The summed E-state index contributed by atoms with van der Waals surface area (Å²) < 4.78 is 6.47. The maximum Gasteiger partial charge on any atom is 0.351 e. The van der Waals surface area contributed by atoms with Crippen molar-refractivity contribution in [3.05, 3.63) is 86.2 Å². The number of carbonyl (C=O) groups excluding carboxylic acids is 2. The van der Waals surface area contributed by atoms with Gasteiger partial charge in [-0.05, 0) is 31.2 Å². The molecule has 0 fully saturated rings. The number of hydrogen-bond donors (Lipinski definition) is 1. The standard InChI is InChI=1S/C20H18N4O5/c1-12-8-10-13(11-9-12)24-20(28)23(2)18(26)16(22-24)17(25)21-15-7-5-4-6-14(15)19(27)29-3/h4-11H,1-3H3,(H,21,25). The molecule has 9 nitrogen and oxygen atoms in total. The number of esters is 1. The zero-order valence-corrected chi connectivity index (χ0v) is 16.0. The van der Waals surface area contributed by atoms with Gasteiger partial charge in [-0.15, -0.1) is 0 Å². The zero-order chi connectivity index (χ0) is 21.1. The Balaban J connectivity index is 2.07. The first-order chi connectivity index (χ1) is 13.8. The molecule has 1 heterocycles. The summed E-state index contributed by atoms with van der Waals surface area (Å²) in [4.78, 5) is 49.6. The number of aromatic nitrogens is 3. The third-order valence-corrected chi connectivity index (χ3v) is 4.25. The van der Waals surface area contributed by atoms with Gasteiger partial charge >= 0.3 is 11.7 Å². The van der Waals surface area contributed by atoms with E-state index in [1.807, 2.05) is 6.92 Å². The molecule has 0 bridgehead atoms. The van der Waals surface area contributed by atoms with Crippen molar-refractivity contribution in [2.45, 2.75) is 6.92 Å². The van der Waals surface area contributed by atoms with Crippen LogP contribution in [-0.2, 0) is 11.8 Å². The van der Waals surface area contributed by atoms with Crippen LogP contribution in [0.25, 0.3) is 5.69 Å². The van der Waals surface area contributed by atoms with Gasteiger partial charge in [0.05, 0.1) is 24.0 Å². The molecule has 0 aliphatic carbocycles. The maximum atomic E-state index is 12.7. The van der Waals surface area contributed by atoms with Crippen molar-refractivity contribution in [1.82, 2.24) is 14.3 Å². The molecule has 29 heavy (non-hydrogen) atoms. The largest absolute Gasteiger partial charge is 0.465 e. The van der Waals surface area contributed by atoms with Crippen molar-refractivity contribution < 1.29 is 14.3 Å². The van der Waals surface area contributed by atoms with Crippen LogP contribution in [0.5, 0.6) is 0 Å². The lowest BCUT2D eigenvalue weighted by Gasteiger charge is -2.11. The van der Waals surface area contributed by atoms with Gasteiger partial charge in [0, 0.05) is 7.05 Å². The Bertz CT molecular complexity index is 1210. The first-order valence-electron chi connectivity index (χ1n) is 8.59. The van der Waals surface area contributed by atoms with E-state index in [2.05, 4.69) is 10.4 Å². The van der Waals surface area contributed by atoms with Crippen molar-refractivity contribution in [3.63, 3.8) is 0 Å². The van der Waals surface area contributed by atoms with Crippen molar-refractivity contribution in [1.29, 1.82) is 0 Å². The molecule has 0 aliphatic rings. The van der Waals surface area contributed by atoms with Crippen LogP contribution in [0.2, 0.25) is 0 Å². The molecule has 0 radical (unpaired) electrons. The second-order valence-corrected chi connectivity index (χ2v) is 6.23. The lowest BCUT2D eigenvalue weighted by atomic mass is 10.1. The number of anilines is 1. The number of nitrogens with zero attached hydrogens (tertiary/aromatic N) is 3. The number of benzene rings is 2. The van der Waals surface area contributed by atoms with Gasteiger partial charge in [-0.2, -0.15) is 9.78 Å². The van der Waals surface area contributed by atoms with Gasteiger partial charge in [-0.1, -0.05) is 29.8 Å². The normalized spacial score (nSPS) is 10.4. The van der Waals surface area contributed by atoms with Crippen molar-refractivity contribution in [2.24, 2.45) is 7.05 Å². The highest BCUT2D eigenvalue weighted by Crippen LogP contribution is 2.16. The molecule has 2 aromatic carbocycles. The summed E-state index contributed by atoms with van der Waals surface area (Å²) in [6.45, 7) is 1.89. The smallest absolute Gasteiger partial charge is 0.351 e. The quantitative estimate of drug-likeness (QED) is 0.667. The molecule has 0 unspecified atom stereocenters. The molecule has 0 spiro atoms. The van der Waals surface area contributed by atoms with E-state index >= 15 is 0 Å². The van der Waals surface area contributed by atoms with Gasteiger partial charge in [-0.3, -0.25) is 14.2 Å². The fourth-order valence-electron chi connectivity index (χ4n) is 2.63. The van der Waals surface area contributed by atoms with Gasteiger partial charge in [-0.25, -0.2) is 9.59 Å². The van der Waals surface area contributed by atoms with E-state index in [9.17, 15) is 19.2 Å². The highest BCUT2D eigenvalue weighted by molar-refractivity contribution is 6.06. The summed E-state index contributed by atoms with van der Waals surface area (Å²) >= 11 is 0. The second kappa shape index (κ2) is 7.93. The Kier molecular flexibility index (Phi) is 5.40. The molecule has 0 saturated carbocycles. The highest BCUT2D eigenvalue weighted by Gasteiger charge is 2.21. The molecule has 148 valence electrons. The van der Waals surface area contributed by atoms with Crippen LogP contribution in [0, 0.1) is 6.92 Å². The van der Waals surface area contributed by atoms with E-state index in [0.29, 0.717) is 5.69 Å². The Morgan fingerprint density at radius 1 is 1.03 bits per heavy atom. The van der Waals surface area contributed by atoms with E-state index in [0.717, 1.165) is 14.8 Å². The average molecular weight is 394 g/mol. The summed E-state index contributed by atoms with van der Waals surface area (Å²) in [7, 11) is 2.48. The molecule has 1 N–H and O–H groups in total. The van der Waals surface area contributed by atoms with Gasteiger partial charge in [0.15, 0.2) is 0 Å². The topological polar surface area (TPSA) is 112 Å². The molecule has 0 atom stereocenters. The summed E-state index contributed by atoms with van der Waals surface area (Å²) in [6, 6.07) is 13.1. The second-order valence-electron chi connectivity index (χ2n) is 6.23. The van der Waals surface area contributed by atoms with Crippen molar-refractivity contribution in [2.75, 3.05) is 12.4 Å². The predicted molar refractivity (Wildman–Crippen MR) is 106 cm³/mol. The number of hydrogen-bond acceptors (Lipinski definition) is 6. The molecule has 0 saturated heterocycles. The first kappa shape index (κ1) is 19.7.